The van der Waals surface area contributed by atoms with Gasteiger partial charge in [0.15, 0.2) is 0 Å². The van der Waals surface area contributed by atoms with Crippen molar-refractivity contribution < 1.29 is 43.2 Å². The molecule has 0 unspecified atom stereocenters. The van der Waals surface area contributed by atoms with E-state index in [-0.39, 0.29) is 22.2 Å². The number of hydrogen-bond donors (Lipinski definition) is 3. The molecule has 0 atom stereocenters. The van der Waals surface area contributed by atoms with Crippen LogP contribution in [-0.4, -0.2) is 74.4 Å². The highest BCUT2D eigenvalue weighted by atomic mass is 32.2. The van der Waals surface area contributed by atoms with Crippen molar-refractivity contribution in [2.75, 3.05) is 51.2 Å². The Balaban J connectivity index is 0.000000226. The van der Waals surface area contributed by atoms with Crippen LogP contribution in [0.4, 0.5) is 65.0 Å². The fourth-order valence-electron chi connectivity index (χ4n) is 5.74. The molecule has 2 aromatic carbocycles. The largest absolute Gasteiger partial charge is 0.516 e. The zero-order chi connectivity index (χ0) is 42.2. The Bertz CT molecular complexity index is 2170. The average Bonchev–Trinajstić information content (AvgIpc) is 3.81. The maximum absolute atomic E-state index is 12.9. The third-order valence-electron chi connectivity index (χ3n) is 7.96. The summed E-state index contributed by atoms with van der Waals surface area (Å²) in [6, 6.07) is 7.52. The van der Waals surface area contributed by atoms with Crippen molar-refractivity contribution in [1.29, 1.82) is 0 Å². The van der Waals surface area contributed by atoms with Gasteiger partial charge in [-0.25, -0.2) is 0 Å². The molecule has 0 saturated carbocycles. The molecule has 15 nitrogen and oxygen atoms in total. The number of aromatic nitrogens is 4. The predicted octanol–water partition coefficient (Wildman–Crippen LogP) is 8.10. The smallest absolute Gasteiger partial charge is 0.374 e. The number of benzene rings is 2. The number of nitrogens with one attached hydrogen (secondary N) is 2. The van der Waals surface area contributed by atoms with Crippen LogP contribution >= 0.6 is 22.7 Å². The van der Waals surface area contributed by atoms with Gasteiger partial charge in [0.2, 0.25) is 5.13 Å². The second-order valence-corrected chi connectivity index (χ2v) is 18.6. The van der Waals surface area contributed by atoms with Crippen LogP contribution in [0.2, 0.25) is 0 Å². The number of nitrogens with zero attached hydrogens (tertiary/aromatic N) is 8. The van der Waals surface area contributed by atoms with Crippen LogP contribution in [-0.2, 0) is 32.9 Å². The molecule has 4 N–H and O–H groups in total. The van der Waals surface area contributed by atoms with E-state index in [1.807, 2.05) is 18.7 Å². The zero-order valence-corrected chi connectivity index (χ0v) is 34.3. The number of alkyl halides is 6. The van der Waals surface area contributed by atoms with E-state index in [0.717, 1.165) is 67.0 Å². The van der Waals surface area contributed by atoms with Crippen molar-refractivity contribution in [3.8, 4) is 0 Å². The molecule has 4 aromatic rings. The molecule has 0 saturated heterocycles. The van der Waals surface area contributed by atoms with E-state index in [4.69, 9.17) is 5.73 Å². The van der Waals surface area contributed by atoms with Crippen molar-refractivity contribution >= 4 is 81.4 Å². The van der Waals surface area contributed by atoms with Crippen LogP contribution in [0.5, 0.6) is 0 Å². The molecule has 0 aliphatic carbocycles. The molecule has 0 radical (unpaired) electrons. The molecular formula is C32H41F6N11O4S4. The Morgan fingerprint density at radius 2 is 1.30 bits per heavy atom. The van der Waals surface area contributed by atoms with Gasteiger partial charge in [0.1, 0.15) is 16.7 Å². The number of halogens is 6. The van der Waals surface area contributed by atoms with E-state index in [0.29, 0.717) is 35.6 Å². The third-order valence-corrected chi connectivity index (χ3v) is 11.3. The molecule has 0 fully saturated rings. The number of anilines is 5. The summed E-state index contributed by atoms with van der Waals surface area (Å²) >= 11 is 2.43. The summed E-state index contributed by atoms with van der Waals surface area (Å²) in [6.45, 7) is 11.2. The normalized spacial score (nSPS) is 14.7. The summed E-state index contributed by atoms with van der Waals surface area (Å²) in [4.78, 5) is 4.13. The minimum atomic E-state index is -5.61. The second-order valence-electron chi connectivity index (χ2n) is 13.5. The van der Waals surface area contributed by atoms with Crippen LogP contribution in [0.3, 0.4) is 0 Å². The highest BCUT2D eigenvalue weighted by Gasteiger charge is 2.47. The molecule has 25 heteroatoms. The Labute approximate surface area is 333 Å². The van der Waals surface area contributed by atoms with Crippen LogP contribution in [0.15, 0.2) is 51.6 Å². The quantitative estimate of drug-likeness (QED) is 0.103. The van der Waals surface area contributed by atoms with Gasteiger partial charge in [-0.1, -0.05) is 56.4 Å². The zero-order valence-electron chi connectivity index (χ0n) is 31.0. The van der Waals surface area contributed by atoms with E-state index in [1.54, 1.807) is 27.1 Å². The van der Waals surface area contributed by atoms with Crippen molar-refractivity contribution in [2.45, 2.75) is 64.4 Å². The summed E-state index contributed by atoms with van der Waals surface area (Å²) < 4.78 is 125. The molecule has 2 aliphatic rings. The first kappa shape index (κ1) is 45.3. The Morgan fingerprint density at radius 1 is 0.754 bits per heavy atom. The highest BCUT2D eigenvalue weighted by Crippen LogP contribution is 2.40. The summed E-state index contributed by atoms with van der Waals surface area (Å²) in [6.07, 6.45) is 3.40. The fourth-order valence-corrected chi connectivity index (χ4v) is 7.53. The van der Waals surface area contributed by atoms with Gasteiger partial charge in [-0.05, 0) is 72.9 Å². The van der Waals surface area contributed by atoms with E-state index >= 15 is 0 Å². The van der Waals surface area contributed by atoms with Gasteiger partial charge in [0.25, 0.3) is 5.13 Å². The standard InChI is InChI=1S/C16H19F3N6O2S2.C14H19F3N2O2S.C2H3N3S/c1-10(2)8-25-5-3-4-11-6-12(21-23-15-22-20-9-28-15)13(7-14(11)25)24-29(26,27)16(17,18)19;1-10(2)9-19-7-3-4-11-5-6-12(8-13(11)19)18-22(20,21)14(15,16)17;3-2-5-4-1-6-2/h6-7,9-10,24H,3-5,8H2,1-2H3;5-6,8,10,18H,3-4,7,9H2,1-2H3;1H,(H2,3,5). The summed E-state index contributed by atoms with van der Waals surface area (Å²) in [7, 11) is -11.0. The number of sulfonamides is 2. The van der Waals surface area contributed by atoms with E-state index in [9.17, 15) is 43.2 Å². The molecule has 57 heavy (non-hydrogen) atoms. The van der Waals surface area contributed by atoms with Gasteiger partial charge in [-0.15, -0.1) is 30.6 Å². The monoisotopic (exact) mass is 885 g/mol. The van der Waals surface area contributed by atoms with Crippen LogP contribution < -0.4 is 25.0 Å². The molecule has 2 aromatic heterocycles. The maximum atomic E-state index is 12.9. The van der Waals surface area contributed by atoms with Gasteiger partial charge in [-0.3, -0.25) is 9.44 Å². The van der Waals surface area contributed by atoms with Gasteiger partial charge < -0.3 is 15.5 Å². The number of nitrogen functional groups attached to an aromatic ring is 1. The van der Waals surface area contributed by atoms with Crippen molar-refractivity contribution in [2.24, 2.45) is 22.1 Å². The number of nitrogens with two attached hydrogens (primary N) is 1. The highest BCUT2D eigenvalue weighted by molar-refractivity contribution is 7.93. The van der Waals surface area contributed by atoms with E-state index < -0.39 is 31.1 Å². The van der Waals surface area contributed by atoms with Gasteiger partial charge in [-0.2, -0.15) is 43.2 Å². The number of fused-ring (bicyclic) bond motifs is 2. The molecule has 0 spiro atoms. The Hall–Kier alpha value is -4.36. The molecular weight excluding hydrogens is 845 g/mol. The van der Waals surface area contributed by atoms with Crippen LogP contribution in [0, 0.1) is 11.8 Å². The molecule has 0 bridgehead atoms. The third kappa shape index (κ3) is 12.8. The fraction of sp³-hybridized carbons (Fsp3) is 0.500. The average molecular weight is 886 g/mol. The van der Waals surface area contributed by atoms with Crippen LogP contribution in [0.25, 0.3) is 0 Å². The summed E-state index contributed by atoms with van der Waals surface area (Å²) in [5, 5.41) is 22.7. The van der Waals surface area contributed by atoms with Crippen molar-refractivity contribution in [3.05, 3.63) is 52.5 Å². The Morgan fingerprint density at radius 3 is 1.79 bits per heavy atom. The van der Waals surface area contributed by atoms with Crippen molar-refractivity contribution in [1.82, 2.24) is 20.4 Å². The first-order valence-electron chi connectivity index (χ1n) is 17.2. The lowest BCUT2D eigenvalue weighted by molar-refractivity contribution is -0.0435. The first-order chi connectivity index (χ1) is 26.6. The molecule has 6 rings (SSSR count). The number of azo groups is 1. The van der Waals surface area contributed by atoms with Crippen LogP contribution in [0.1, 0.15) is 51.7 Å². The summed E-state index contributed by atoms with van der Waals surface area (Å²) in [5.74, 6) is 0.731. The minimum Gasteiger partial charge on any atom is -0.374 e. The number of aryl methyl sites for hydroxylation is 2. The first-order valence-corrected chi connectivity index (χ1v) is 22.0. The summed E-state index contributed by atoms with van der Waals surface area (Å²) in [5.41, 5.74) is 0.414. The van der Waals surface area contributed by atoms with Gasteiger partial charge in [0.05, 0.1) is 11.4 Å². The SMILES string of the molecule is CC(C)CN1CCCc2cc(N=Nc3nncs3)c(NS(=O)(=O)C(F)(F)F)cc21.CC(C)CN1CCCc2ccc(NS(=O)(=O)C(F)(F)F)cc21.Nc1nncs1. The number of rotatable bonds is 10. The second kappa shape index (κ2) is 18.9. The number of hydrogen-bond acceptors (Lipinski definition) is 15. The minimum absolute atomic E-state index is 0.0156. The topological polar surface area (TPSA) is 201 Å². The van der Waals surface area contributed by atoms with Gasteiger partial charge >= 0.3 is 31.1 Å². The molecule has 314 valence electrons. The predicted molar refractivity (Wildman–Crippen MR) is 209 cm³/mol. The Kier molecular flexibility index (Phi) is 15.1. The van der Waals surface area contributed by atoms with Crippen molar-refractivity contribution in [3.63, 3.8) is 0 Å². The van der Waals surface area contributed by atoms with Gasteiger partial charge in [0, 0.05) is 37.6 Å². The molecule has 0 amide bonds. The lowest BCUT2D eigenvalue weighted by atomic mass is 9.99. The lowest BCUT2D eigenvalue weighted by Crippen LogP contribution is -2.33. The van der Waals surface area contributed by atoms with E-state index in [2.05, 4.69) is 49.4 Å². The lowest BCUT2D eigenvalue weighted by Gasteiger charge is -2.33. The molecule has 4 heterocycles. The maximum Gasteiger partial charge on any atom is 0.516 e. The van der Waals surface area contributed by atoms with E-state index in [1.165, 1.54) is 35.0 Å². The molecule has 2 aliphatic heterocycles.